The standard InChI is InChI=1S/C20H26BrN6O5P/c1-3-31-19(29)13(2)26-33(32-10-14-5-4-6-15(21)9-14)12-30-8-7-27-11-23-16-17(27)24-20(22)25-18(16)28/h4-6,9,11,13,26H,3,7-8,10,12H2,1-2H3,(H3,22,24,25,28). The number of benzene rings is 1. The molecule has 13 heteroatoms. The number of rotatable bonds is 12. The summed E-state index contributed by atoms with van der Waals surface area (Å²) < 4.78 is 19.6. The smallest absolute Gasteiger partial charge is 0.323 e. The molecule has 2 aromatic heterocycles. The number of nitrogens with zero attached hydrogens (tertiary/aromatic N) is 3. The van der Waals surface area contributed by atoms with Crippen molar-refractivity contribution in [3.05, 3.63) is 51.0 Å². The first-order valence-corrected chi connectivity index (χ1v) is 12.5. The van der Waals surface area contributed by atoms with E-state index in [1.165, 1.54) is 6.33 Å². The second-order valence-corrected chi connectivity index (χ2v) is 9.43. The topological polar surface area (TPSA) is 146 Å². The second-order valence-electron chi connectivity index (χ2n) is 6.98. The molecular formula is C20H26BrN6O5P. The zero-order valence-electron chi connectivity index (χ0n) is 18.3. The third-order valence-electron chi connectivity index (χ3n) is 4.43. The Hall–Kier alpha value is -2.37. The van der Waals surface area contributed by atoms with Crippen LogP contribution in [-0.4, -0.2) is 51.1 Å². The van der Waals surface area contributed by atoms with Gasteiger partial charge in [-0.25, -0.2) is 4.98 Å². The highest BCUT2D eigenvalue weighted by molar-refractivity contribution is 9.10. The number of fused-ring (bicyclic) bond motifs is 1. The predicted octanol–water partition coefficient (Wildman–Crippen LogP) is 2.51. The molecule has 178 valence electrons. The normalized spacial score (nSPS) is 13.2. The summed E-state index contributed by atoms with van der Waals surface area (Å²) in [5.41, 5.74) is 6.83. The monoisotopic (exact) mass is 540 g/mol. The summed E-state index contributed by atoms with van der Waals surface area (Å²) in [5.74, 6) is -0.327. The summed E-state index contributed by atoms with van der Waals surface area (Å²) in [6.07, 6.45) is 1.76. The molecule has 0 aliphatic rings. The lowest BCUT2D eigenvalue weighted by Crippen LogP contribution is -2.33. The minimum Gasteiger partial charge on any atom is -0.465 e. The van der Waals surface area contributed by atoms with Crippen LogP contribution in [0.3, 0.4) is 0 Å². The molecule has 0 aliphatic heterocycles. The Morgan fingerprint density at radius 1 is 1.42 bits per heavy atom. The molecule has 11 nitrogen and oxygen atoms in total. The molecule has 2 unspecified atom stereocenters. The van der Waals surface area contributed by atoms with Gasteiger partial charge in [-0.1, -0.05) is 28.1 Å². The van der Waals surface area contributed by atoms with E-state index >= 15 is 0 Å². The minimum absolute atomic E-state index is 0.0248. The van der Waals surface area contributed by atoms with Crippen LogP contribution in [0, 0.1) is 0 Å². The summed E-state index contributed by atoms with van der Waals surface area (Å²) in [5, 5.41) is 3.16. The van der Waals surface area contributed by atoms with E-state index in [-0.39, 0.29) is 23.8 Å². The summed E-state index contributed by atoms with van der Waals surface area (Å²) in [6.45, 7) is 4.87. The predicted molar refractivity (Wildman–Crippen MR) is 128 cm³/mol. The van der Waals surface area contributed by atoms with Crippen LogP contribution >= 0.6 is 24.2 Å². The maximum Gasteiger partial charge on any atom is 0.323 e. The number of aromatic amines is 1. The second kappa shape index (κ2) is 12.2. The number of hydrogen-bond acceptors (Lipinski definition) is 9. The summed E-state index contributed by atoms with van der Waals surface area (Å²) >= 11 is 3.45. The number of esters is 1. The Bertz CT molecular complexity index is 1140. The number of anilines is 1. The van der Waals surface area contributed by atoms with Crippen molar-refractivity contribution in [3.63, 3.8) is 0 Å². The van der Waals surface area contributed by atoms with E-state index in [0.717, 1.165) is 10.0 Å². The summed E-state index contributed by atoms with van der Waals surface area (Å²) in [6, 6.07) is 7.25. The molecule has 0 aliphatic carbocycles. The number of ether oxygens (including phenoxy) is 2. The molecule has 3 rings (SSSR count). The van der Waals surface area contributed by atoms with E-state index < -0.39 is 19.9 Å². The Balaban J connectivity index is 1.58. The molecule has 0 bridgehead atoms. The summed E-state index contributed by atoms with van der Waals surface area (Å²) in [7, 11) is -1.29. The fraction of sp³-hybridized carbons (Fsp3) is 0.400. The number of carbonyl (C=O) groups is 1. The SMILES string of the molecule is CCOC(=O)C(C)NP(COCCn1cnc2c(=O)[nH]c(N)nc21)OCc1cccc(Br)c1. The number of nitrogen functional groups attached to an aromatic ring is 1. The molecule has 0 fully saturated rings. The molecule has 4 N–H and O–H groups in total. The van der Waals surface area contributed by atoms with E-state index in [1.54, 1.807) is 18.4 Å². The zero-order valence-corrected chi connectivity index (χ0v) is 20.8. The highest BCUT2D eigenvalue weighted by Gasteiger charge is 2.20. The lowest BCUT2D eigenvalue weighted by atomic mass is 10.2. The molecule has 2 heterocycles. The largest absolute Gasteiger partial charge is 0.465 e. The van der Waals surface area contributed by atoms with E-state index in [9.17, 15) is 9.59 Å². The van der Waals surface area contributed by atoms with Crippen LogP contribution < -0.4 is 16.4 Å². The van der Waals surface area contributed by atoms with Crippen molar-refractivity contribution in [3.8, 4) is 0 Å². The van der Waals surface area contributed by atoms with Gasteiger partial charge < -0.3 is 24.3 Å². The number of imidazole rings is 1. The minimum atomic E-state index is -1.29. The van der Waals surface area contributed by atoms with Crippen LogP contribution in [0.1, 0.15) is 19.4 Å². The number of hydrogen-bond donors (Lipinski definition) is 3. The van der Waals surface area contributed by atoms with Gasteiger partial charge in [-0.2, -0.15) is 4.98 Å². The number of nitrogens with one attached hydrogen (secondary N) is 2. The van der Waals surface area contributed by atoms with Gasteiger partial charge in [-0.15, -0.1) is 0 Å². The van der Waals surface area contributed by atoms with Crippen molar-refractivity contribution >= 4 is 47.3 Å². The highest BCUT2D eigenvalue weighted by atomic mass is 79.9. The maximum absolute atomic E-state index is 12.0. The van der Waals surface area contributed by atoms with E-state index in [0.29, 0.717) is 32.0 Å². The fourth-order valence-corrected chi connectivity index (χ4v) is 4.68. The number of halogens is 1. The number of H-pyrrole nitrogens is 1. The van der Waals surface area contributed by atoms with Crippen molar-refractivity contribution in [2.75, 3.05) is 25.3 Å². The lowest BCUT2D eigenvalue weighted by Gasteiger charge is -2.22. The van der Waals surface area contributed by atoms with Crippen LogP contribution in [0.5, 0.6) is 0 Å². The highest BCUT2D eigenvalue weighted by Crippen LogP contribution is 2.34. The molecule has 2 atom stereocenters. The molecule has 0 radical (unpaired) electrons. The third-order valence-corrected chi connectivity index (χ3v) is 6.46. The molecule has 3 aromatic rings. The molecule has 0 saturated carbocycles. The molecule has 33 heavy (non-hydrogen) atoms. The van der Waals surface area contributed by atoms with Gasteiger partial charge in [0.25, 0.3) is 5.56 Å². The van der Waals surface area contributed by atoms with Gasteiger partial charge in [0.2, 0.25) is 5.95 Å². The summed E-state index contributed by atoms with van der Waals surface area (Å²) in [4.78, 5) is 34.6. The first kappa shape index (κ1) is 25.3. The maximum atomic E-state index is 12.0. The Labute approximate surface area is 200 Å². The van der Waals surface area contributed by atoms with E-state index in [1.807, 2.05) is 24.3 Å². The van der Waals surface area contributed by atoms with Gasteiger partial charge in [0.1, 0.15) is 20.7 Å². The van der Waals surface area contributed by atoms with Crippen molar-refractivity contribution in [1.29, 1.82) is 0 Å². The Morgan fingerprint density at radius 2 is 2.24 bits per heavy atom. The first-order chi connectivity index (χ1) is 15.9. The van der Waals surface area contributed by atoms with Crippen LogP contribution in [0.25, 0.3) is 11.2 Å². The Kier molecular flexibility index (Phi) is 9.33. The van der Waals surface area contributed by atoms with Crippen LogP contribution in [-0.2, 0) is 31.9 Å². The van der Waals surface area contributed by atoms with Gasteiger partial charge >= 0.3 is 5.97 Å². The van der Waals surface area contributed by atoms with E-state index in [4.69, 9.17) is 19.7 Å². The van der Waals surface area contributed by atoms with Crippen molar-refractivity contribution in [2.45, 2.75) is 33.0 Å². The van der Waals surface area contributed by atoms with Gasteiger partial charge in [0.15, 0.2) is 11.2 Å². The number of carbonyl (C=O) groups excluding carboxylic acids is 1. The fourth-order valence-electron chi connectivity index (χ4n) is 2.87. The molecular weight excluding hydrogens is 515 g/mol. The van der Waals surface area contributed by atoms with Crippen molar-refractivity contribution in [2.24, 2.45) is 0 Å². The van der Waals surface area contributed by atoms with Gasteiger partial charge in [0, 0.05) is 11.0 Å². The van der Waals surface area contributed by atoms with Crippen molar-refractivity contribution in [1.82, 2.24) is 24.6 Å². The van der Waals surface area contributed by atoms with Crippen molar-refractivity contribution < 1.29 is 18.8 Å². The molecule has 1 aromatic carbocycles. The van der Waals surface area contributed by atoms with Gasteiger partial charge in [-0.05, 0) is 31.5 Å². The average Bonchev–Trinajstić information content (AvgIpc) is 3.18. The average molecular weight is 541 g/mol. The first-order valence-electron chi connectivity index (χ1n) is 10.2. The Morgan fingerprint density at radius 3 is 3.00 bits per heavy atom. The quantitative estimate of drug-likeness (QED) is 0.179. The molecule has 0 amide bonds. The van der Waals surface area contributed by atoms with Gasteiger partial charge in [0.05, 0.1) is 26.1 Å². The van der Waals surface area contributed by atoms with Crippen LogP contribution in [0.15, 0.2) is 39.9 Å². The third kappa shape index (κ3) is 7.31. The van der Waals surface area contributed by atoms with Crippen LogP contribution in [0.4, 0.5) is 5.95 Å². The molecule has 0 saturated heterocycles. The number of aromatic nitrogens is 4. The number of nitrogens with two attached hydrogens (primary N) is 1. The van der Waals surface area contributed by atoms with Crippen LogP contribution in [0.2, 0.25) is 0 Å². The zero-order chi connectivity index (χ0) is 23.8. The lowest BCUT2D eigenvalue weighted by molar-refractivity contribution is -0.144. The molecule has 0 spiro atoms. The van der Waals surface area contributed by atoms with Gasteiger partial charge in [-0.3, -0.25) is 19.7 Å². The van der Waals surface area contributed by atoms with E-state index in [2.05, 4.69) is 36.0 Å².